The lowest BCUT2D eigenvalue weighted by molar-refractivity contribution is -0.137. The molecule has 0 saturated carbocycles. The standard InChI is InChI=1S/C9H10N2O3/c1-6-3-10-5-11(9(6)13)7-2-8(12)14-4-7/h3,5,7H,2,4H2,1H3. The highest BCUT2D eigenvalue weighted by Crippen LogP contribution is 2.17. The first kappa shape index (κ1) is 8.93. The molecule has 1 atom stereocenters. The predicted octanol–water partition coefficient (Wildman–Crippen LogP) is 0.0397. The van der Waals surface area contributed by atoms with Gasteiger partial charge in [0.1, 0.15) is 6.61 Å². The predicted molar refractivity (Wildman–Crippen MR) is 47.8 cm³/mol. The van der Waals surface area contributed by atoms with Crippen LogP contribution in [0.15, 0.2) is 17.3 Å². The number of rotatable bonds is 1. The Hall–Kier alpha value is -1.65. The fraction of sp³-hybridized carbons (Fsp3) is 0.444. The molecule has 0 aliphatic carbocycles. The van der Waals surface area contributed by atoms with Gasteiger partial charge in [0.25, 0.3) is 5.56 Å². The Morgan fingerprint density at radius 3 is 3.00 bits per heavy atom. The van der Waals surface area contributed by atoms with Crippen LogP contribution in [0.1, 0.15) is 18.0 Å². The van der Waals surface area contributed by atoms with Gasteiger partial charge in [0.2, 0.25) is 0 Å². The Labute approximate surface area is 80.3 Å². The number of aryl methyl sites for hydroxylation is 1. The van der Waals surface area contributed by atoms with E-state index in [-0.39, 0.29) is 30.6 Å². The monoisotopic (exact) mass is 194 g/mol. The minimum absolute atomic E-state index is 0.108. The van der Waals surface area contributed by atoms with Gasteiger partial charge in [-0.25, -0.2) is 4.98 Å². The Bertz CT molecular complexity index is 424. The zero-order valence-electron chi connectivity index (χ0n) is 7.77. The lowest BCUT2D eigenvalue weighted by Crippen LogP contribution is -2.26. The summed E-state index contributed by atoms with van der Waals surface area (Å²) in [6.45, 7) is 1.97. The highest BCUT2D eigenvalue weighted by molar-refractivity contribution is 5.71. The van der Waals surface area contributed by atoms with E-state index in [0.29, 0.717) is 5.56 Å². The third kappa shape index (κ3) is 1.41. The van der Waals surface area contributed by atoms with Crippen LogP contribution in [0.25, 0.3) is 0 Å². The fourth-order valence-corrected chi connectivity index (χ4v) is 1.47. The molecule has 0 N–H and O–H groups in total. The molecule has 1 aliphatic rings. The summed E-state index contributed by atoms with van der Waals surface area (Å²) in [5, 5.41) is 0. The van der Waals surface area contributed by atoms with Crippen molar-refractivity contribution in [2.24, 2.45) is 0 Å². The molecular formula is C9H10N2O3. The van der Waals surface area contributed by atoms with Crippen molar-refractivity contribution in [3.8, 4) is 0 Å². The second-order valence-electron chi connectivity index (χ2n) is 3.33. The van der Waals surface area contributed by atoms with E-state index < -0.39 is 0 Å². The van der Waals surface area contributed by atoms with Crippen LogP contribution < -0.4 is 5.56 Å². The van der Waals surface area contributed by atoms with Gasteiger partial charge in [0, 0.05) is 11.8 Å². The van der Waals surface area contributed by atoms with Crippen molar-refractivity contribution in [1.29, 1.82) is 0 Å². The zero-order chi connectivity index (χ0) is 10.1. The molecule has 5 heteroatoms. The minimum Gasteiger partial charge on any atom is -0.463 e. The lowest BCUT2D eigenvalue weighted by atomic mass is 10.2. The van der Waals surface area contributed by atoms with E-state index >= 15 is 0 Å². The van der Waals surface area contributed by atoms with E-state index in [1.165, 1.54) is 17.1 Å². The van der Waals surface area contributed by atoms with Gasteiger partial charge in [-0.1, -0.05) is 0 Å². The van der Waals surface area contributed by atoms with Gasteiger partial charge >= 0.3 is 5.97 Å². The summed E-state index contributed by atoms with van der Waals surface area (Å²) < 4.78 is 6.25. The van der Waals surface area contributed by atoms with Crippen molar-refractivity contribution in [2.75, 3.05) is 6.61 Å². The van der Waals surface area contributed by atoms with Crippen LogP contribution in [0, 0.1) is 6.92 Å². The maximum Gasteiger partial charge on any atom is 0.308 e. The molecule has 0 radical (unpaired) electrons. The Balaban J connectivity index is 2.37. The van der Waals surface area contributed by atoms with Crippen molar-refractivity contribution in [3.05, 3.63) is 28.4 Å². The number of carbonyl (C=O) groups is 1. The van der Waals surface area contributed by atoms with Gasteiger partial charge in [0.05, 0.1) is 18.8 Å². The number of nitrogens with zero attached hydrogens (tertiary/aromatic N) is 2. The molecule has 14 heavy (non-hydrogen) atoms. The van der Waals surface area contributed by atoms with Crippen molar-refractivity contribution in [2.45, 2.75) is 19.4 Å². The van der Waals surface area contributed by atoms with E-state index in [1.807, 2.05) is 0 Å². The molecule has 0 spiro atoms. The third-order valence-electron chi connectivity index (χ3n) is 2.26. The Kier molecular flexibility index (Phi) is 2.07. The quantitative estimate of drug-likeness (QED) is 0.592. The summed E-state index contributed by atoms with van der Waals surface area (Å²) in [5.41, 5.74) is 0.468. The SMILES string of the molecule is Cc1cncn(C2COC(=O)C2)c1=O. The molecule has 5 nitrogen and oxygen atoms in total. The second-order valence-corrected chi connectivity index (χ2v) is 3.33. The summed E-state index contributed by atoms with van der Waals surface area (Å²) in [5.74, 6) is -0.261. The first-order valence-electron chi connectivity index (χ1n) is 4.37. The topological polar surface area (TPSA) is 61.2 Å². The summed E-state index contributed by atoms with van der Waals surface area (Å²) in [6, 6.07) is -0.192. The first-order valence-corrected chi connectivity index (χ1v) is 4.37. The summed E-state index contributed by atoms with van der Waals surface area (Å²) in [6.07, 6.45) is 3.21. The molecule has 1 aliphatic heterocycles. The zero-order valence-corrected chi connectivity index (χ0v) is 7.77. The normalized spacial score (nSPS) is 20.9. The van der Waals surface area contributed by atoms with Crippen molar-refractivity contribution in [1.82, 2.24) is 9.55 Å². The number of esters is 1. The molecule has 0 amide bonds. The highest BCUT2D eigenvalue weighted by atomic mass is 16.5. The minimum atomic E-state index is -0.261. The molecule has 1 aromatic rings. The van der Waals surface area contributed by atoms with Crippen molar-refractivity contribution in [3.63, 3.8) is 0 Å². The Morgan fingerprint density at radius 1 is 1.57 bits per heavy atom. The van der Waals surface area contributed by atoms with E-state index in [9.17, 15) is 9.59 Å². The second kappa shape index (κ2) is 3.25. The number of aromatic nitrogens is 2. The van der Waals surface area contributed by atoms with Crippen molar-refractivity contribution < 1.29 is 9.53 Å². The molecule has 1 fully saturated rings. The number of cyclic esters (lactones) is 1. The molecule has 1 unspecified atom stereocenters. The fourth-order valence-electron chi connectivity index (χ4n) is 1.47. The summed E-state index contributed by atoms with van der Waals surface area (Å²) >= 11 is 0. The average Bonchev–Trinajstić information content (AvgIpc) is 2.57. The van der Waals surface area contributed by atoms with E-state index in [0.717, 1.165) is 0 Å². The van der Waals surface area contributed by atoms with Gasteiger partial charge in [-0.15, -0.1) is 0 Å². The van der Waals surface area contributed by atoms with Crippen LogP contribution in [0.3, 0.4) is 0 Å². The third-order valence-corrected chi connectivity index (χ3v) is 2.26. The maximum absolute atomic E-state index is 11.6. The van der Waals surface area contributed by atoms with Gasteiger partial charge in [-0.3, -0.25) is 14.2 Å². The summed E-state index contributed by atoms with van der Waals surface area (Å²) in [4.78, 5) is 26.4. The largest absolute Gasteiger partial charge is 0.463 e. The number of carbonyl (C=O) groups excluding carboxylic acids is 1. The van der Waals surface area contributed by atoms with Gasteiger partial charge in [-0.05, 0) is 6.92 Å². The van der Waals surface area contributed by atoms with Crippen LogP contribution in [-0.2, 0) is 9.53 Å². The molecule has 1 aromatic heterocycles. The molecule has 0 aromatic carbocycles. The van der Waals surface area contributed by atoms with E-state index in [1.54, 1.807) is 6.92 Å². The number of ether oxygens (including phenoxy) is 1. The van der Waals surface area contributed by atoms with Gasteiger partial charge in [-0.2, -0.15) is 0 Å². The molecular weight excluding hydrogens is 184 g/mol. The van der Waals surface area contributed by atoms with Crippen LogP contribution in [0.5, 0.6) is 0 Å². The summed E-state index contributed by atoms with van der Waals surface area (Å²) in [7, 11) is 0. The smallest absolute Gasteiger partial charge is 0.308 e. The molecule has 74 valence electrons. The van der Waals surface area contributed by atoms with Crippen LogP contribution >= 0.6 is 0 Å². The van der Waals surface area contributed by atoms with Gasteiger partial charge < -0.3 is 4.74 Å². The van der Waals surface area contributed by atoms with E-state index in [4.69, 9.17) is 4.74 Å². The first-order chi connectivity index (χ1) is 6.68. The lowest BCUT2D eigenvalue weighted by Gasteiger charge is -2.09. The Morgan fingerprint density at radius 2 is 2.36 bits per heavy atom. The average molecular weight is 194 g/mol. The van der Waals surface area contributed by atoms with Crippen LogP contribution in [0.4, 0.5) is 0 Å². The van der Waals surface area contributed by atoms with Crippen LogP contribution in [-0.4, -0.2) is 22.1 Å². The van der Waals surface area contributed by atoms with Crippen LogP contribution in [0.2, 0.25) is 0 Å². The number of hydrogen-bond donors (Lipinski definition) is 0. The number of hydrogen-bond acceptors (Lipinski definition) is 4. The molecule has 0 bridgehead atoms. The maximum atomic E-state index is 11.6. The van der Waals surface area contributed by atoms with E-state index in [2.05, 4.69) is 4.98 Å². The molecule has 2 rings (SSSR count). The highest BCUT2D eigenvalue weighted by Gasteiger charge is 2.26. The molecule has 2 heterocycles. The van der Waals surface area contributed by atoms with Gasteiger partial charge in [0.15, 0.2) is 0 Å². The molecule has 1 saturated heterocycles. The van der Waals surface area contributed by atoms with Crippen molar-refractivity contribution >= 4 is 5.97 Å².